The number of phenolic OH excluding ortho intramolecular Hbond substituents is 2. The number of phenols is 2. The van der Waals surface area contributed by atoms with Crippen LogP contribution in [0.1, 0.15) is 5.56 Å². The number of fused-ring (bicyclic) bond motifs is 1. The molecule has 0 aliphatic heterocycles. The molecule has 4 heteroatoms. The number of hydrogen-bond acceptors (Lipinski definition) is 4. The molecule has 3 aromatic carbocycles. The summed E-state index contributed by atoms with van der Waals surface area (Å²) in [6.45, 7) is 0. The van der Waals surface area contributed by atoms with Crippen molar-refractivity contribution >= 4 is 22.7 Å². The van der Waals surface area contributed by atoms with E-state index in [1.165, 1.54) is 24.4 Å². The highest BCUT2D eigenvalue weighted by Gasteiger charge is 2.00. The minimum Gasteiger partial charge on any atom is -0.508 e. The number of anilines is 1. The van der Waals surface area contributed by atoms with Crippen LogP contribution in [0, 0.1) is 0 Å². The summed E-state index contributed by atoms with van der Waals surface area (Å²) in [5, 5.41) is 25.4. The molecule has 0 atom stereocenters. The van der Waals surface area contributed by atoms with Crippen LogP contribution in [0.4, 0.5) is 5.69 Å². The Kier molecular flexibility index (Phi) is 3.43. The zero-order valence-electron chi connectivity index (χ0n) is 11.2. The molecule has 0 unspecified atom stereocenters. The van der Waals surface area contributed by atoms with Crippen LogP contribution in [0.3, 0.4) is 0 Å². The normalized spacial score (nSPS) is 11.0. The van der Waals surface area contributed by atoms with E-state index in [2.05, 4.69) is 10.5 Å². The second kappa shape index (κ2) is 5.54. The summed E-state index contributed by atoms with van der Waals surface area (Å²) in [5.74, 6) is 0.149. The van der Waals surface area contributed by atoms with Gasteiger partial charge >= 0.3 is 0 Å². The van der Waals surface area contributed by atoms with Gasteiger partial charge in [0.15, 0.2) is 0 Å². The zero-order valence-corrected chi connectivity index (χ0v) is 11.2. The Hall–Kier alpha value is -3.01. The molecule has 0 amide bonds. The molecule has 0 fully saturated rings. The van der Waals surface area contributed by atoms with E-state index in [4.69, 9.17) is 0 Å². The van der Waals surface area contributed by atoms with Crippen LogP contribution in [0.5, 0.6) is 11.5 Å². The topological polar surface area (TPSA) is 64.8 Å². The lowest BCUT2D eigenvalue weighted by Crippen LogP contribution is -1.92. The van der Waals surface area contributed by atoms with Gasteiger partial charge < -0.3 is 10.2 Å². The molecular formula is C17H14N2O2. The van der Waals surface area contributed by atoms with E-state index in [0.29, 0.717) is 5.56 Å². The van der Waals surface area contributed by atoms with Crippen molar-refractivity contribution < 1.29 is 10.2 Å². The van der Waals surface area contributed by atoms with Gasteiger partial charge in [-0.15, -0.1) is 0 Å². The van der Waals surface area contributed by atoms with Gasteiger partial charge in [0.05, 0.1) is 11.9 Å². The van der Waals surface area contributed by atoms with Crippen molar-refractivity contribution in [3.05, 3.63) is 66.2 Å². The van der Waals surface area contributed by atoms with E-state index in [1.54, 1.807) is 0 Å². The van der Waals surface area contributed by atoms with Gasteiger partial charge in [-0.3, -0.25) is 5.43 Å². The van der Waals surface area contributed by atoms with E-state index in [-0.39, 0.29) is 11.5 Å². The molecular weight excluding hydrogens is 264 g/mol. The Morgan fingerprint density at radius 1 is 0.905 bits per heavy atom. The van der Waals surface area contributed by atoms with Crippen molar-refractivity contribution in [3.63, 3.8) is 0 Å². The van der Waals surface area contributed by atoms with Crippen molar-refractivity contribution in [3.8, 4) is 11.5 Å². The average molecular weight is 278 g/mol. The molecule has 0 aromatic heterocycles. The number of hydrazone groups is 1. The van der Waals surface area contributed by atoms with Crippen molar-refractivity contribution in [1.29, 1.82) is 0 Å². The summed E-state index contributed by atoms with van der Waals surface area (Å²) >= 11 is 0. The average Bonchev–Trinajstić information content (AvgIpc) is 2.51. The number of nitrogens with zero attached hydrogens (tertiary/aromatic N) is 1. The van der Waals surface area contributed by atoms with Crippen molar-refractivity contribution in [1.82, 2.24) is 0 Å². The maximum absolute atomic E-state index is 9.67. The Morgan fingerprint density at radius 2 is 1.71 bits per heavy atom. The standard InChI is InChI=1S/C17H14N2O2/c20-14-8-9-17(21)13(10-14)11-18-19-16-7-3-5-12-4-1-2-6-15(12)16/h1-11,19-21H/b18-11+. The van der Waals surface area contributed by atoms with Crippen molar-refractivity contribution in [2.24, 2.45) is 5.10 Å². The van der Waals surface area contributed by atoms with Crippen LogP contribution in [-0.4, -0.2) is 16.4 Å². The zero-order chi connectivity index (χ0) is 14.7. The molecule has 0 saturated heterocycles. The fraction of sp³-hybridized carbons (Fsp3) is 0. The maximum atomic E-state index is 9.67. The van der Waals surface area contributed by atoms with Gasteiger partial charge in [0, 0.05) is 10.9 Å². The monoisotopic (exact) mass is 278 g/mol. The number of aromatic hydroxyl groups is 2. The molecule has 4 nitrogen and oxygen atoms in total. The second-order valence-corrected chi connectivity index (χ2v) is 4.64. The van der Waals surface area contributed by atoms with Gasteiger partial charge in [-0.05, 0) is 29.7 Å². The SMILES string of the molecule is Oc1ccc(O)c(/C=N/Nc2cccc3ccccc23)c1. The first-order chi connectivity index (χ1) is 10.2. The fourth-order valence-electron chi connectivity index (χ4n) is 2.14. The van der Waals surface area contributed by atoms with Crippen LogP contribution in [0.25, 0.3) is 10.8 Å². The Morgan fingerprint density at radius 3 is 2.62 bits per heavy atom. The summed E-state index contributed by atoms with van der Waals surface area (Å²) in [4.78, 5) is 0. The third-order valence-electron chi connectivity index (χ3n) is 3.19. The quantitative estimate of drug-likeness (QED) is 0.389. The number of nitrogens with one attached hydrogen (secondary N) is 1. The van der Waals surface area contributed by atoms with Crippen molar-refractivity contribution in [2.75, 3.05) is 5.43 Å². The van der Waals surface area contributed by atoms with Gasteiger partial charge in [0.1, 0.15) is 11.5 Å². The third-order valence-corrected chi connectivity index (χ3v) is 3.19. The summed E-state index contributed by atoms with van der Waals surface area (Å²) in [7, 11) is 0. The smallest absolute Gasteiger partial charge is 0.124 e. The number of rotatable bonds is 3. The molecule has 0 heterocycles. The van der Waals surface area contributed by atoms with E-state index in [1.807, 2.05) is 42.5 Å². The molecule has 0 radical (unpaired) electrons. The Balaban J connectivity index is 1.86. The van der Waals surface area contributed by atoms with Gasteiger partial charge in [-0.2, -0.15) is 5.10 Å². The molecule has 0 spiro atoms. The van der Waals surface area contributed by atoms with Crippen LogP contribution in [-0.2, 0) is 0 Å². The predicted molar refractivity (Wildman–Crippen MR) is 84.9 cm³/mol. The number of benzene rings is 3. The van der Waals surface area contributed by atoms with Crippen LogP contribution >= 0.6 is 0 Å². The molecule has 0 saturated carbocycles. The highest BCUT2D eigenvalue weighted by Crippen LogP contribution is 2.23. The molecule has 3 aromatic rings. The summed E-state index contributed by atoms with van der Waals surface area (Å²) in [5.41, 5.74) is 4.29. The summed E-state index contributed by atoms with van der Waals surface area (Å²) in [6.07, 6.45) is 1.47. The van der Waals surface area contributed by atoms with Gasteiger partial charge in [0.2, 0.25) is 0 Å². The lowest BCUT2D eigenvalue weighted by molar-refractivity contribution is 0.459. The molecule has 0 bridgehead atoms. The minimum absolute atomic E-state index is 0.0660. The highest BCUT2D eigenvalue weighted by molar-refractivity contribution is 5.94. The Bertz CT molecular complexity index is 807. The van der Waals surface area contributed by atoms with Crippen LogP contribution in [0.15, 0.2) is 65.8 Å². The van der Waals surface area contributed by atoms with Crippen LogP contribution < -0.4 is 5.43 Å². The lowest BCUT2D eigenvalue weighted by Gasteiger charge is -2.05. The third kappa shape index (κ3) is 2.79. The van der Waals surface area contributed by atoms with Crippen molar-refractivity contribution in [2.45, 2.75) is 0 Å². The molecule has 0 aliphatic rings. The van der Waals surface area contributed by atoms with E-state index < -0.39 is 0 Å². The lowest BCUT2D eigenvalue weighted by atomic mass is 10.1. The predicted octanol–water partition coefficient (Wildman–Crippen LogP) is 3.70. The van der Waals surface area contributed by atoms with Gasteiger partial charge in [-0.1, -0.05) is 36.4 Å². The first kappa shape index (κ1) is 13.0. The largest absolute Gasteiger partial charge is 0.508 e. The summed E-state index contributed by atoms with van der Waals surface area (Å²) < 4.78 is 0. The van der Waals surface area contributed by atoms with E-state index in [9.17, 15) is 10.2 Å². The molecule has 0 aliphatic carbocycles. The second-order valence-electron chi connectivity index (χ2n) is 4.64. The minimum atomic E-state index is 0.0660. The highest BCUT2D eigenvalue weighted by atomic mass is 16.3. The Labute approximate surface area is 122 Å². The summed E-state index contributed by atoms with van der Waals surface area (Å²) in [6, 6.07) is 18.2. The fourth-order valence-corrected chi connectivity index (χ4v) is 2.14. The molecule has 104 valence electrons. The molecule has 21 heavy (non-hydrogen) atoms. The first-order valence-corrected chi connectivity index (χ1v) is 6.53. The van der Waals surface area contributed by atoms with E-state index >= 15 is 0 Å². The van der Waals surface area contributed by atoms with Gasteiger partial charge in [0.25, 0.3) is 0 Å². The van der Waals surface area contributed by atoms with Gasteiger partial charge in [-0.25, -0.2) is 0 Å². The number of hydrogen-bond donors (Lipinski definition) is 3. The van der Waals surface area contributed by atoms with Crippen LogP contribution in [0.2, 0.25) is 0 Å². The molecule has 3 N–H and O–H groups in total. The first-order valence-electron chi connectivity index (χ1n) is 6.53. The molecule has 3 rings (SSSR count). The maximum Gasteiger partial charge on any atom is 0.124 e. The van der Waals surface area contributed by atoms with E-state index in [0.717, 1.165) is 16.5 Å².